The van der Waals surface area contributed by atoms with E-state index in [1.54, 1.807) is 26.4 Å². The average molecular weight is 194 g/mol. The second kappa shape index (κ2) is 3.26. The number of aliphatic imine (C=N–C) groups is 1. The number of nitrogens with one attached hydrogen (secondary N) is 1. The normalized spacial score (nSPS) is 24.6. The van der Waals surface area contributed by atoms with Crippen molar-refractivity contribution >= 4 is 11.7 Å². The second-order valence-electron chi connectivity index (χ2n) is 2.91. The van der Waals surface area contributed by atoms with Crippen LogP contribution < -0.4 is 5.32 Å². The molecule has 0 aromatic carbocycles. The van der Waals surface area contributed by atoms with E-state index in [1.807, 2.05) is 0 Å². The highest BCUT2D eigenvalue weighted by molar-refractivity contribution is 6.19. The molecule has 0 radical (unpaired) electrons. The van der Waals surface area contributed by atoms with E-state index in [0.717, 1.165) is 0 Å². The highest BCUT2D eigenvalue weighted by atomic mass is 16.5. The maximum atomic E-state index is 10.9. The van der Waals surface area contributed by atoms with E-state index in [-0.39, 0.29) is 12.1 Å². The van der Waals surface area contributed by atoms with Gasteiger partial charge in [0.15, 0.2) is 0 Å². The molecule has 0 aromatic heterocycles. The molecule has 0 saturated heterocycles. The number of fused-ring (bicyclic) bond motifs is 1. The minimum atomic E-state index is -0.352. The number of carbonyl (C=O) groups is 1. The Bertz CT molecular complexity index is 368. The smallest absolute Gasteiger partial charge is 0.346 e. The number of carbonyl (C=O) groups excluding carboxylic acids is 1. The zero-order valence-electron chi connectivity index (χ0n) is 7.90. The topological polar surface area (TPSA) is 59.9 Å². The molecule has 2 aliphatic rings. The molecule has 5 heteroatoms. The van der Waals surface area contributed by atoms with Gasteiger partial charge in [0.2, 0.25) is 0 Å². The minimum absolute atomic E-state index is 0.257. The van der Waals surface area contributed by atoms with Crippen LogP contribution in [0.5, 0.6) is 0 Å². The minimum Gasteiger partial charge on any atom is -0.498 e. The molecule has 74 valence electrons. The van der Waals surface area contributed by atoms with Gasteiger partial charge >= 0.3 is 6.03 Å². The Balaban J connectivity index is 2.35. The first-order valence-electron chi connectivity index (χ1n) is 4.15. The van der Waals surface area contributed by atoms with Crippen molar-refractivity contribution in [3.63, 3.8) is 0 Å². The molecule has 1 heterocycles. The molecule has 1 aliphatic carbocycles. The van der Waals surface area contributed by atoms with Crippen LogP contribution in [-0.2, 0) is 9.47 Å². The third-order valence-corrected chi connectivity index (χ3v) is 2.11. The van der Waals surface area contributed by atoms with Gasteiger partial charge < -0.3 is 14.8 Å². The SMILES string of the molecule is COC1=CC2=NC(=O)NC2=CC1OC. The van der Waals surface area contributed by atoms with Gasteiger partial charge in [0.1, 0.15) is 11.9 Å². The lowest BCUT2D eigenvalue weighted by Gasteiger charge is -2.19. The number of nitrogens with zero attached hydrogens (tertiary/aromatic N) is 1. The van der Waals surface area contributed by atoms with Gasteiger partial charge in [-0.1, -0.05) is 0 Å². The lowest BCUT2D eigenvalue weighted by Crippen LogP contribution is -2.24. The summed E-state index contributed by atoms with van der Waals surface area (Å²) in [4.78, 5) is 14.7. The molecule has 1 aliphatic heterocycles. The monoisotopic (exact) mass is 194 g/mol. The average Bonchev–Trinajstić information content (AvgIpc) is 2.54. The Hall–Kier alpha value is -1.62. The molecular weight excluding hydrogens is 184 g/mol. The van der Waals surface area contributed by atoms with Crippen LogP contribution in [0, 0.1) is 0 Å². The summed E-state index contributed by atoms with van der Waals surface area (Å²) in [6.45, 7) is 0. The van der Waals surface area contributed by atoms with E-state index in [0.29, 0.717) is 17.2 Å². The standard InChI is InChI=1S/C9H10N2O3/c1-13-7-3-5-6(4-8(7)14-2)11-9(12)10-5/h3-4,7H,1-2H3,(H,10,12). The molecule has 2 amide bonds. The molecule has 0 spiro atoms. The fraction of sp³-hybridized carbons (Fsp3) is 0.333. The zero-order chi connectivity index (χ0) is 10.1. The lowest BCUT2D eigenvalue weighted by atomic mass is 10.1. The van der Waals surface area contributed by atoms with Crippen LogP contribution in [0.4, 0.5) is 4.79 Å². The van der Waals surface area contributed by atoms with Crippen molar-refractivity contribution in [2.45, 2.75) is 6.10 Å². The van der Waals surface area contributed by atoms with Gasteiger partial charge in [0.05, 0.1) is 18.5 Å². The van der Waals surface area contributed by atoms with Crippen molar-refractivity contribution in [3.05, 3.63) is 23.6 Å². The zero-order valence-corrected chi connectivity index (χ0v) is 7.90. The fourth-order valence-electron chi connectivity index (χ4n) is 1.42. The third-order valence-electron chi connectivity index (χ3n) is 2.11. The first kappa shape index (κ1) is 8.96. The predicted octanol–water partition coefficient (Wildman–Crippen LogP) is 0.593. The maximum absolute atomic E-state index is 10.9. The first-order chi connectivity index (χ1) is 6.74. The van der Waals surface area contributed by atoms with Crippen molar-refractivity contribution in [1.82, 2.24) is 5.32 Å². The summed E-state index contributed by atoms with van der Waals surface area (Å²) in [6, 6.07) is -0.352. The molecule has 1 atom stereocenters. The van der Waals surface area contributed by atoms with Gasteiger partial charge in [0.25, 0.3) is 0 Å². The van der Waals surface area contributed by atoms with Crippen LogP contribution in [0.1, 0.15) is 0 Å². The van der Waals surface area contributed by atoms with Crippen molar-refractivity contribution < 1.29 is 14.3 Å². The fourth-order valence-corrected chi connectivity index (χ4v) is 1.42. The van der Waals surface area contributed by atoms with Crippen molar-refractivity contribution in [2.24, 2.45) is 4.99 Å². The molecule has 0 aromatic rings. The lowest BCUT2D eigenvalue weighted by molar-refractivity contribution is 0.109. The predicted molar refractivity (Wildman–Crippen MR) is 49.9 cm³/mol. The largest absolute Gasteiger partial charge is 0.498 e. The van der Waals surface area contributed by atoms with E-state index in [2.05, 4.69) is 10.3 Å². The van der Waals surface area contributed by atoms with E-state index in [9.17, 15) is 4.79 Å². The summed E-state index contributed by atoms with van der Waals surface area (Å²) < 4.78 is 10.3. The molecule has 5 nitrogen and oxygen atoms in total. The van der Waals surface area contributed by atoms with E-state index in [1.165, 1.54) is 0 Å². The van der Waals surface area contributed by atoms with E-state index < -0.39 is 0 Å². The van der Waals surface area contributed by atoms with Gasteiger partial charge in [-0.3, -0.25) is 0 Å². The Kier molecular flexibility index (Phi) is 2.09. The van der Waals surface area contributed by atoms with Crippen molar-refractivity contribution in [2.75, 3.05) is 14.2 Å². The van der Waals surface area contributed by atoms with Crippen LogP contribution >= 0.6 is 0 Å². The third kappa shape index (κ3) is 1.31. The molecule has 2 rings (SSSR count). The number of allylic oxidation sites excluding steroid dienone is 1. The van der Waals surface area contributed by atoms with Crippen LogP contribution in [0.15, 0.2) is 28.6 Å². The summed E-state index contributed by atoms with van der Waals surface area (Å²) >= 11 is 0. The Morgan fingerprint density at radius 3 is 2.93 bits per heavy atom. The maximum Gasteiger partial charge on any atom is 0.346 e. The summed E-state index contributed by atoms with van der Waals surface area (Å²) in [7, 11) is 3.13. The molecule has 1 N–H and O–H groups in total. The molecule has 0 fully saturated rings. The van der Waals surface area contributed by atoms with Gasteiger partial charge in [-0.2, -0.15) is 4.99 Å². The molecule has 14 heavy (non-hydrogen) atoms. The number of rotatable bonds is 2. The van der Waals surface area contributed by atoms with Crippen LogP contribution in [0.3, 0.4) is 0 Å². The second-order valence-corrected chi connectivity index (χ2v) is 2.91. The van der Waals surface area contributed by atoms with Crippen LogP contribution in [0.2, 0.25) is 0 Å². The van der Waals surface area contributed by atoms with Gasteiger partial charge in [0, 0.05) is 13.2 Å². The van der Waals surface area contributed by atoms with Gasteiger partial charge in [-0.15, -0.1) is 0 Å². The Morgan fingerprint density at radius 1 is 1.50 bits per heavy atom. The molecule has 1 unspecified atom stereocenters. The quantitative estimate of drug-likeness (QED) is 0.700. The number of urea groups is 1. The molecule has 0 bridgehead atoms. The Morgan fingerprint density at radius 2 is 2.29 bits per heavy atom. The highest BCUT2D eigenvalue weighted by Crippen LogP contribution is 2.20. The molecule has 0 saturated carbocycles. The van der Waals surface area contributed by atoms with Gasteiger partial charge in [-0.05, 0) is 6.08 Å². The summed E-state index contributed by atoms with van der Waals surface area (Å²) in [5.74, 6) is 0.645. The number of ether oxygens (including phenoxy) is 2. The summed E-state index contributed by atoms with van der Waals surface area (Å²) in [5, 5.41) is 2.60. The van der Waals surface area contributed by atoms with E-state index in [4.69, 9.17) is 9.47 Å². The summed E-state index contributed by atoms with van der Waals surface area (Å²) in [5.41, 5.74) is 1.28. The van der Waals surface area contributed by atoms with Crippen LogP contribution in [-0.4, -0.2) is 32.1 Å². The number of amides is 2. The van der Waals surface area contributed by atoms with Crippen LogP contribution in [0.25, 0.3) is 0 Å². The molecular formula is C9H10N2O3. The number of hydrogen-bond acceptors (Lipinski definition) is 3. The van der Waals surface area contributed by atoms with Crippen molar-refractivity contribution in [3.8, 4) is 0 Å². The highest BCUT2D eigenvalue weighted by Gasteiger charge is 2.26. The van der Waals surface area contributed by atoms with Crippen molar-refractivity contribution in [1.29, 1.82) is 0 Å². The number of methoxy groups -OCH3 is 2. The number of hydrogen-bond donors (Lipinski definition) is 1. The Labute approximate surface area is 81.1 Å². The van der Waals surface area contributed by atoms with E-state index >= 15 is 0 Å². The summed E-state index contributed by atoms with van der Waals surface area (Å²) in [6.07, 6.45) is 3.21. The van der Waals surface area contributed by atoms with Gasteiger partial charge in [-0.25, -0.2) is 4.79 Å². The first-order valence-corrected chi connectivity index (χ1v) is 4.15.